The summed E-state index contributed by atoms with van der Waals surface area (Å²) in [5, 5.41) is 0.400. The number of aromatic nitrogens is 4. The molecule has 2 aromatic rings. The van der Waals surface area contributed by atoms with Crippen LogP contribution >= 0.6 is 34.2 Å². The van der Waals surface area contributed by atoms with E-state index < -0.39 is 5.79 Å². The van der Waals surface area contributed by atoms with E-state index in [1.807, 2.05) is 20.2 Å². The molecule has 2 aromatic heterocycles. The highest BCUT2D eigenvalue weighted by molar-refractivity contribution is 14.1. The smallest absolute Gasteiger partial charge is 0.194 e. The predicted molar refractivity (Wildman–Crippen MR) is 92.1 cm³/mol. The molecule has 2 saturated carbocycles. The molecule has 2 aliphatic carbocycles. The molecule has 3 heterocycles. The summed E-state index contributed by atoms with van der Waals surface area (Å²) in [4.78, 5) is 13.2. The Kier molecular flexibility index (Phi) is 2.93. The monoisotopic (exact) mass is 446 g/mol. The van der Waals surface area contributed by atoms with Crippen molar-refractivity contribution in [2.24, 2.45) is 17.8 Å². The Bertz CT molecular complexity index is 825. The van der Waals surface area contributed by atoms with Gasteiger partial charge < -0.3 is 14.0 Å². The van der Waals surface area contributed by atoms with Gasteiger partial charge in [0.25, 0.3) is 0 Å². The lowest BCUT2D eigenvalue weighted by atomic mass is 10.0. The Morgan fingerprint density at radius 3 is 2.74 bits per heavy atom. The van der Waals surface area contributed by atoms with E-state index in [0.717, 1.165) is 5.65 Å². The Hall–Kier alpha value is -0.510. The zero-order valence-corrected chi connectivity index (χ0v) is 15.8. The first kappa shape index (κ1) is 14.8. The van der Waals surface area contributed by atoms with Crippen molar-refractivity contribution < 1.29 is 9.47 Å². The molecule has 122 valence electrons. The molecular weight excluding hydrogens is 431 g/mol. The van der Waals surface area contributed by atoms with E-state index in [1.54, 1.807) is 0 Å². The molecule has 0 bridgehead atoms. The van der Waals surface area contributed by atoms with E-state index in [-0.39, 0.29) is 18.2 Å². The molecule has 5 rings (SSSR count). The van der Waals surface area contributed by atoms with Gasteiger partial charge >= 0.3 is 0 Å². The Morgan fingerprint density at radius 2 is 1.96 bits per heavy atom. The highest BCUT2D eigenvalue weighted by atomic mass is 127. The second-order valence-corrected chi connectivity index (χ2v) is 8.50. The number of ether oxygens (including phenoxy) is 2. The first-order valence-corrected chi connectivity index (χ1v) is 9.24. The predicted octanol–water partition coefficient (Wildman–Crippen LogP) is 3.04. The van der Waals surface area contributed by atoms with Crippen LogP contribution in [-0.2, 0) is 9.47 Å². The van der Waals surface area contributed by atoms with Crippen LogP contribution < -0.4 is 0 Å². The summed E-state index contributed by atoms with van der Waals surface area (Å²) in [7, 11) is 0. The summed E-state index contributed by atoms with van der Waals surface area (Å²) in [5.41, 5.74) is 1.43. The number of nitrogens with zero attached hydrogens (tertiary/aromatic N) is 4. The van der Waals surface area contributed by atoms with Crippen LogP contribution in [0.2, 0.25) is 5.15 Å². The number of hydrogen-bond acceptors (Lipinski definition) is 5. The van der Waals surface area contributed by atoms with E-state index in [2.05, 4.69) is 49.0 Å². The van der Waals surface area contributed by atoms with Gasteiger partial charge in [0.15, 0.2) is 20.4 Å². The third kappa shape index (κ3) is 1.96. The topological polar surface area (TPSA) is 62.1 Å². The van der Waals surface area contributed by atoms with Crippen molar-refractivity contribution in [2.45, 2.75) is 44.8 Å². The summed E-state index contributed by atoms with van der Waals surface area (Å²) in [5.74, 6) is 1.20. The number of rotatable bonds is 1. The average molecular weight is 447 g/mol. The lowest BCUT2D eigenvalue weighted by Gasteiger charge is -2.25. The van der Waals surface area contributed by atoms with Crippen LogP contribution in [0.5, 0.6) is 0 Å². The van der Waals surface area contributed by atoms with Crippen molar-refractivity contribution >= 4 is 45.4 Å². The van der Waals surface area contributed by atoms with Crippen molar-refractivity contribution in [1.29, 1.82) is 0 Å². The van der Waals surface area contributed by atoms with Gasteiger partial charge in [-0.1, -0.05) is 18.5 Å². The maximum atomic E-state index is 6.23. The minimum Gasteiger partial charge on any atom is -0.344 e. The van der Waals surface area contributed by atoms with Crippen LogP contribution in [0.1, 0.15) is 26.8 Å². The maximum Gasteiger partial charge on any atom is 0.194 e. The fourth-order valence-corrected chi connectivity index (χ4v) is 5.43. The van der Waals surface area contributed by atoms with Gasteiger partial charge in [0, 0.05) is 22.6 Å². The van der Waals surface area contributed by atoms with Gasteiger partial charge in [0.2, 0.25) is 0 Å². The molecular formula is C15H16ClIN4O2. The lowest BCUT2D eigenvalue weighted by molar-refractivity contribution is -0.156. The molecule has 6 atom stereocenters. The van der Waals surface area contributed by atoms with Crippen molar-refractivity contribution in [2.75, 3.05) is 0 Å². The van der Waals surface area contributed by atoms with Gasteiger partial charge in [0.1, 0.15) is 11.6 Å². The number of imidazole rings is 1. The normalized spacial score (nSPS) is 40.4. The molecule has 0 unspecified atom stereocenters. The summed E-state index contributed by atoms with van der Waals surface area (Å²) >= 11 is 8.31. The van der Waals surface area contributed by atoms with Gasteiger partial charge in [-0.15, -0.1) is 0 Å². The molecule has 0 radical (unpaired) electrons. The Labute approximate surface area is 152 Å². The molecule has 3 fully saturated rings. The van der Waals surface area contributed by atoms with Crippen molar-refractivity contribution in [3.8, 4) is 0 Å². The third-order valence-electron chi connectivity index (χ3n) is 5.46. The van der Waals surface area contributed by atoms with E-state index in [4.69, 9.17) is 21.1 Å². The van der Waals surface area contributed by atoms with Crippen molar-refractivity contribution in [3.63, 3.8) is 0 Å². The molecule has 0 spiro atoms. The van der Waals surface area contributed by atoms with Gasteiger partial charge in [-0.2, -0.15) is 0 Å². The van der Waals surface area contributed by atoms with E-state index >= 15 is 0 Å². The highest BCUT2D eigenvalue weighted by Gasteiger charge is 2.70. The summed E-state index contributed by atoms with van der Waals surface area (Å²) in [6, 6.07) is 0.188. The van der Waals surface area contributed by atoms with Crippen molar-refractivity contribution in [1.82, 2.24) is 19.5 Å². The zero-order valence-electron chi connectivity index (χ0n) is 12.9. The van der Waals surface area contributed by atoms with Gasteiger partial charge in [-0.3, -0.25) is 0 Å². The van der Waals surface area contributed by atoms with Crippen LogP contribution in [0.4, 0.5) is 0 Å². The molecule has 0 aromatic carbocycles. The standard InChI is InChI=1S/C15H16ClIN4O2/c1-5-6-7(5)10-11(23-15(2,3)22-10)9(6)21-4-18-8-12(16)19-14(17)20-13(8)21/h4-7,9-11H,1-3H3/t5-,6+,7-,9-,10-,11+/m1/s1. The fraction of sp³-hybridized carbons (Fsp3) is 0.667. The first-order valence-electron chi connectivity index (χ1n) is 7.78. The van der Waals surface area contributed by atoms with Crippen LogP contribution in [0.15, 0.2) is 6.33 Å². The van der Waals surface area contributed by atoms with Gasteiger partial charge in [-0.05, 0) is 31.6 Å². The van der Waals surface area contributed by atoms with E-state index in [1.165, 1.54) is 0 Å². The van der Waals surface area contributed by atoms with E-state index in [0.29, 0.717) is 32.3 Å². The molecule has 1 saturated heterocycles. The van der Waals surface area contributed by atoms with Crippen molar-refractivity contribution in [3.05, 3.63) is 15.3 Å². The molecule has 3 aliphatic rings. The zero-order chi connectivity index (χ0) is 16.1. The number of fused-ring (bicyclic) bond motifs is 4. The SMILES string of the molecule is C[C@H]1[C@H]2[C@H]3OC(C)(C)O[C@H]3[C@H](n3cnc4c(Cl)nc(I)nc43)[C@@H]12. The molecule has 6 nitrogen and oxygen atoms in total. The summed E-state index contributed by atoms with van der Waals surface area (Å²) in [6.07, 6.45) is 2.02. The van der Waals surface area contributed by atoms with E-state index in [9.17, 15) is 0 Å². The minimum absolute atomic E-state index is 0.0417. The molecule has 23 heavy (non-hydrogen) atoms. The highest BCUT2D eigenvalue weighted by Crippen LogP contribution is 2.66. The Morgan fingerprint density at radius 1 is 1.22 bits per heavy atom. The molecule has 0 N–H and O–H groups in total. The quantitative estimate of drug-likeness (QED) is 0.383. The Balaban J connectivity index is 1.64. The van der Waals surface area contributed by atoms with Gasteiger partial charge in [-0.25, -0.2) is 15.0 Å². The number of hydrogen-bond donors (Lipinski definition) is 0. The van der Waals surface area contributed by atoms with Crippen LogP contribution in [0, 0.1) is 21.6 Å². The average Bonchev–Trinajstić information content (AvgIpc) is 2.75. The molecule has 1 aliphatic heterocycles. The minimum atomic E-state index is -0.529. The lowest BCUT2D eigenvalue weighted by Crippen LogP contribution is -2.31. The number of halogens is 2. The molecule has 8 heteroatoms. The second-order valence-electron chi connectivity index (χ2n) is 7.18. The molecule has 0 amide bonds. The van der Waals surface area contributed by atoms with Crippen LogP contribution in [0.3, 0.4) is 0 Å². The van der Waals surface area contributed by atoms with Gasteiger partial charge in [0.05, 0.1) is 18.5 Å². The summed E-state index contributed by atoms with van der Waals surface area (Å²) in [6.45, 7) is 6.26. The fourth-order valence-electron chi connectivity index (χ4n) is 4.60. The van der Waals surface area contributed by atoms with Crippen LogP contribution in [0.25, 0.3) is 11.2 Å². The third-order valence-corrected chi connectivity index (χ3v) is 6.21. The first-order chi connectivity index (χ1) is 10.9. The maximum absolute atomic E-state index is 6.23. The second kappa shape index (κ2) is 4.56. The summed E-state index contributed by atoms with van der Waals surface area (Å²) < 4.78 is 15.1. The van der Waals surface area contributed by atoms with Crippen LogP contribution in [-0.4, -0.2) is 37.5 Å². The largest absolute Gasteiger partial charge is 0.344 e.